The van der Waals surface area contributed by atoms with Crippen LogP contribution in [0.4, 0.5) is 5.82 Å². The average molecular weight is 270 g/mol. The molecule has 2 heterocycles. The Morgan fingerprint density at radius 3 is 2.90 bits per heavy atom. The Bertz CT molecular complexity index is 744. The molecule has 0 amide bonds. The molecule has 20 heavy (non-hydrogen) atoms. The Hall–Kier alpha value is -2.14. The van der Waals surface area contributed by atoms with E-state index in [1.54, 1.807) is 6.33 Å². The van der Waals surface area contributed by atoms with E-state index in [9.17, 15) is 0 Å². The van der Waals surface area contributed by atoms with Gasteiger partial charge >= 0.3 is 0 Å². The topological polar surface area (TPSA) is 58.0 Å². The first-order valence-corrected chi connectivity index (χ1v) is 6.91. The lowest BCUT2D eigenvalue weighted by atomic mass is 10.1. The highest BCUT2D eigenvalue weighted by Crippen LogP contribution is 2.27. The van der Waals surface area contributed by atoms with E-state index in [1.807, 2.05) is 0 Å². The third-order valence-corrected chi connectivity index (χ3v) is 3.45. The molecule has 0 aliphatic carbocycles. The molecule has 0 aliphatic rings. The van der Waals surface area contributed by atoms with Crippen LogP contribution in [-0.2, 0) is 0 Å². The monoisotopic (exact) mass is 270 g/mol. The number of rotatable bonds is 4. The SMILES string of the molecule is Cc1ccc2[nH]c3c(NCC[NH+](C)C)ncnc3c2c1. The Labute approximate surface area is 118 Å². The lowest BCUT2D eigenvalue weighted by Crippen LogP contribution is -3.06. The number of benzene rings is 1. The minimum absolute atomic E-state index is 0.880. The fourth-order valence-electron chi connectivity index (χ4n) is 2.37. The summed E-state index contributed by atoms with van der Waals surface area (Å²) in [6.07, 6.45) is 1.63. The van der Waals surface area contributed by atoms with Gasteiger partial charge in [-0.05, 0) is 19.1 Å². The minimum Gasteiger partial charge on any atom is -0.363 e. The number of quaternary nitrogens is 1. The van der Waals surface area contributed by atoms with Crippen LogP contribution < -0.4 is 10.2 Å². The van der Waals surface area contributed by atoms with Gasteiger partial charge in [-0.3, -0.25) is 0 Å². The van der Waals surface area contributed by atoms with E-state index in [0.717, 1.165) is 40.8 Å². The van der Waals surface area contributed by atoms with Crippen LogP contribution in [0.15, 0.2) is 24.5 Å². The fourth-order valence-corrected chi connectivity index (χ4v) is 2.37. The minimum atomic E-state index is 0.880. The van der Waals surface area contributed by atoms with E-state index in [4.69, 9.17) is 0 Å². The van der Waals surface area contributed by atoms with Crippen molar-refractivity contribution in [1.29, 1.82) is 0 Å². The van der Waals surface area contributed by atoms with Gasteiger partial charge in [0.05, 0.1) is 27.2 Å². The Balaban J connectivity index is 2.03. The lowest BCUT2D eigenvalue weighted by Gasteiger charge is -2.09. The number of H-pyrrole nitrogens is 1. The van der Waals surface area contributed by atoms with Crippen LogP contribution >= 0.6 is 0 Å². The Kier molecular flexibility index (Phi) is 3.28. The summed E-state index contributed by atoms with van der Waals surface area (Å²) in [6.45, 7) is 4.03. The van der Waals surface area contributed by atoms with Gasteiger partial charge in [-0.2, -0.15) is 0 Å². The molecular weight excluding hydrogens is 250 g/mol. The summed E-state index contributed by atoms with van der Waals surface area (Å²) in [5.41, 5.74) is 4.32. The van der Waals surface area contributed by atoms with Gasteiger partial charge in [-0.1, -0.05) is 11.6 Å². The summed E-state index contributed by atoms with van der Waals surface area (Å²) >= 11 is 0. The number of hydrogen-bond donors (Lipinski definition) is 3. The number of aryl methyl sites for hydroxylation is 1. The lowest BCUT2D eigenvalue weighted by molar-refractivity contribution is -0.856. The van der Waals surface area contributed by atoms with Crippen LogP contribution in [-0.4, -0.2) is 42.1 Å². The van der Waals surface area contributed by atoms with E-state index in [-0.39, 0.29) is 0 Å². The first kappa shape index (κ1) is 12.9. The first-order chi connectivity index (χ1) is 9.65. The number of nitrogens with one attached hydrogen (secondary N) is 3. The van der Waals surface area contributed by atoms with Crippen molar-refractivity contribution in [3.8, 4) is 0 Å². The van der Waals surface area contributed by atoms with Crippen molar-refractivity contribution in [3.05, 3.63) is 30.1 Å². The molecule has 1 aromatic carbocycles. The molecule has 0 atom stereocenters. The predicted octanol–water partition coefficient (Wildman–Crippen LogP) is 0.976. The van der Waals surface area contributed by atoms with E-state index < -0.39 is 0 Å². The molecular formula is C15H20N5+. The van der Waals surface area contributed by atoms with Gasteiger partial charge in [0.2, 0.25) is 0 Å². The van der Waals surface area contributed by atoms with E-state index in [2.05, 4.69) is 59.5 Å². The van der Waals surface area contributed by atoms with Crippen LogP contribution in [0, 0.1) is 6.92 Å². The molecule has 0 radical (unpaired) electrons. The highest BCUT2D eigenvalue weighted by atomic mass is 15.1. The molecule has 0 spiro atoms. The molecule has 3 aromatic rings. The number of hydrogen-bond acceptors (Lipinski definition) is 3. The summed E-state index contributed by atoms with van der Waals surface area (Å²) in [7, 11) is 4.28. The number of nitrogens with zero attached hydrogens (tertiary/aromatic N) is 2. The zero-order chi connectivity index (χ0) is 14.1. The van der Waals surface area contributed by atoms with Crippen molar-refractivity contribution < 1.29 is 4.90 Å². The maximum atomic E-state index is 4.43. The van der Waals surface area contributed by atoms with Crippen molar-refractivity contribution in [2.45, 2.75) is 6.92 Å². The number of aromatic nitrogens is 3. The summed E-state index contributed by atoms with van der Waals surface area (Å²) in [6, 6.07) is 6.36. The molecule has 0 saturated heterocycles. The number of anilines is 1. The van der Waals surface area contributed by atoms with Gasteiger partial charge < -0.3 is 15.2 Å². The van der Waals surface area contributed by atoms with Gasteiger partial charge in [-0.15, -0.1) is 0 Å². The van der Waals surface area contributed by atoms with Gasteiger partial charge in [0.1, 0.15) is 17.4 Å². The van der Waals surface area contributed by atoms with Crippen molar-refractivity contribution in [2.75, 3.05) is 32.5 Å². The molecule has 0 unspecified atom stereocenters. The molecule has 3 N–H and O–H groups in total. The Morgan fingerprint density at radius 1 is 1.25 bits per heavy atom. The van der Waals surface area contributed by atoms with Gasteiger partial charge in [0.15, 0.2) is 5.82 Å². The van der Waals surface area contributed by atoms with Crippen molar-refractivity contribution >= 4 is 27.8 Å². The van der Waals surface area contributed by atoms with Gasteiger partial charge in [-0.25, -0.2) is 9.97 Å². The molecule has 0 bridgehead atoms. The fraction of sp³-hybridized carbons (Fsp3) is 0.333. The molecule has 0 fully saturated rings. The van der Waals surface area contributed by atoms with E-state index >= 15 is 0 Å². The highest BCUT2D eigenvalue weighted by molar-refractivity contribution is 6.08. The second-order valence-corrected chi connectivity index (χ2v) is 5.50. The molecule has 104 valence electrons. The maximum Gasteiger partial charge on any atom is 0.154 e. The van der Waals surface area contributed by atoms with Crippen molar-refractivity contribution in [3.63, 3.8) is 0 Å². The molecule has 5 heteroatoms. The van der Waals surface area contributed by atoms with E-state index in [0.29, 0.717) is 0 Å². The highest BCUT2D eigenvalue weighted by Gasteiger charge is 2.10. The zero-order valence-corrected chi connectivity index (χ0v) is 12.1. The van der Waals surface area contributed by atoms with Crippen LogP contribution in [0.25, 0.3) is 21.9 Å². The molecule has 3 rings (SSSR count). The predicted molar refractivity (Wildman–Crippen MR) is 82.3 cm³/mol. The molecule has 5 nitrogen and oxygen atoms in total. The second-order valence-electron chi connectivity index (χ2n) is 5.50. The number of aromatic amines is 1. The number of likely N-dealkylation sites (N-methyl/N-ethyl adjacent to an activating group) is 1. The molecule has 0 saturated carbocycles. The van der Waals surface area contributed by atoms with Crippen LogP contribution in [0.2, 0.25) is 0 Å². The first-order valence-electron chi connectivity index (χ1n) is 6.91. The summed E-state index contributed by atoms with van der Waals surface area (Å²) in [5.74, 6) is 0.880. The van der Waals surface area contributed by atoms with Crippen molar-refractivity contribution in [2.24, 2.45) is 0 Å². The zero-order valence-electron chi connectivity index (χ0n) is 12.1. The standard InChI is InChI=1S/C15H19N5/c1-10-4-5-12-11(8-10)13-14(19-12)15(18-9-17-13)16-6-7-20(2)3/h4-5,8-9,19H,6-7H2,1-3H3,(H,16,17,18)/p+1. The molecule has 0 aliphatic heterocycles. The van der Waals surface area contributed by atoms with E-state index in [1.165, 1.54) is 10.5 Å². The number of fused-ring (bicyclic) bond motifs is 3. The quantitative estimate of drug-likeness (QED) is 0.662. The normalized spacial score (nSPS) is 11.6. The Morgan fingerprint density at radius 2 is 2.10 bits per heavy atom. The third-order valence-electron chi connectivity index (χ3n) is 3.45. The van der Waals surface area contributed by atoms with Gasteiger partial charge in [0, 0.05) is 10.9 Å². The van der Waals surface area contributed by atoms with Gasteiger partial charge in [0.25, 0.3) is 0 Å². The summed E-state index contributed by atoms with van der Waals surface area (Å²) < 4.78 is 0. The summed E-state index contributed by atoms with van der Waals surface area (Å²) in [4.78, 5) is 13.6. The largest absolute Gasteiger partial charge is 0.363 e. The van der Waals surface area contributed by atoms with Crippen LogP contribution in [0.3, 0.4) is 0 Å². The average Bonchev–Trinajstić information content (AvgIpc) is 2.77. The van der Waals surface area contributed by atoms with Crippen LogP contribution in [0.1, 0.15) is 5.56 Å². The van der Waals surface area contributed by atoms with Crippen LogP contribution in [0.5, 0.6) is 0 Å². The van der Waals surface area contributed by atoms with Crippen molar-refractivity contribution in [1.82, 2.24) is 15.0 Å². The maximum absolute atomic E-state index is 4.43. The smallest absolute Gasteiger partial charge is 0.154 e. The second kappa shape index (κ2) is 5.09. The summed E-state index contributed by atoms with van der Waals surface area (Å²) in [5, 5.41) is 4.55. The third kappa shape index (κ3) is 2.32. The molecule has 2 aromatic heterocycles.